The molecule has 6 nitrogen and oxygen atoms in total. The lowest BCUT2D eigenvalue weighted by Crippen LogP contribution is -2.39. The summed E-state index contributed by atoms with van der Waals surface area (Å²) in [4.78, 5) is 5.02. The molecule has 256 valence electrons. The van der Waals surface area contributed by atoms with Crippen LogP contribution in [0.2, 0.25) is 0 Å². The topological polar surface area (TPSA) is 76.6 Å². The monoisotopic (exact) mass is 687 g/mol. The zero-order valence-electron chi connectivity index (χ0n) is 29.3. The van der Waals surface area contributed by atoms with Gasteiger partial charge in [-0.25, -0.2) is 5.01 Å². The maximum Gasteiger partial charge on any atom is 0.143 e. The minimum Gasteiger partial charge on any atom is -0.455 e. The van der Waals surface area contributed by atoms with Gasteiger partial charge in [-0.3, -0.25) is 4.99 Å². The van der Waals surface area contributed by atoms with E-state index >= 15 is 0 Å². The van der Waals surface area contributed by atoms with Crippen LogP contribution < -0.4 is 10.7 Å². The van der Waals surface area contributed by atoms with Crippen LogP contribution in [0.3, 0.4) is 0 Å². The summed E-state index contributed by atoms with van der Waals surface area (Å²) in [5.41, 5.74) is 15.1. The minimum absolute atomic E-state index is 0.514. The first kappa shape index (κ1) is 33.2. The lowest BCUT2D eigenvalue weighted by Gasteiger charge is -2.21. The van der Waals surface area contributed by atoms with Crippen molar-refractivity contribution in [2.24, 2.45) is 4.99 Å². The third-order valence-electron chi connectivity index (χ3n) is 9.30. The van der Waals surface area contributed by atoms with Crippen molar-refractivity contribution >= 4 is 39.1 Å². The van der Waals surface area contributed by atoms with E-state index in [1.165, 1.54) is 5.56 Å². The summed E-state index contributed by atoms with van der Waals surface area (Å²) in [6.07, 6.45) is 0. The van der Waals surface area contributed by atoms with Gasteiger partial charge in [-0.2, -0.15) is 5.26 Å². The van der Waals surface area contributed by atoms with Crippen molar-refractivity contribution < 1.29 is 4.42 Å². The van der Waals surface area contributed by atoms with E-state index in [2.05, 4.69) is 125 Å². The highest BCUT2D eigenvalue weighted by Crippen LogP contribution is 2.39. The first-order chi connectivity index (χ1) is 26.1. The number of nitrogens with one attached hydrogen (secondary N) is 2. The van der Waals surface area contributed by atoms with Gasteiger partial charge in [0.15, 0.2) is 0 Å². The molecule has 6 heteroatoms. The lowest BCUT2D eigenvalue weighted by molar-refractivity contribution is 0.284. The first-order valence-corrected chi connectivity index (χ1v) is 17.6. The molecule has 1 heterocycles. The third-order valence-corrected chi connectivity index (χ3v) is 9.30. The summed E-state index contributed by atoms with van der Waals surface area (Å²) >= 11 is 0. The zero-order valence-corrected chi connectivity index (χ0v) is 29.3. The van der Waals surface area contributed by atoms with Crippen LogP contribution >= 0.6 is 0 Å². The molecule has 0 bridgehead atoms. The van der Waals surface area contributed by atoms with Crippen LogP contribution in [0.4, 0.5) is 11.4 Å². The van der Waals surface area contributed by atoms with Crippen molar-refractivity contribution in [1.82, 2.24) is 10.4 Å². The fraction of sp³-hybridized carbons (Fsp3) is 0.0638. The number of para-hydroxylation sites is 2. The van der Waals surface area contributed by atoms with Crippen molar-refractivity contribution in [3.05, 3.63) is 192 Å². The van der Waals surface area contributed by atoms with Crippen molar-refractivity contribution in [2.45, 2.75) is 13.1 Å². The maximum atomic E-state index is 9.65. The number of rotatable bonds is 10. The van der Waals surface area contributed by atoms with Gasteiger partial charge < -0.3 is 15.2 Å². The SMILES string of the molecule is CN(Cc1ccccc1)N/C(=N\Cc1ccc(Nc2cc(-c3cccc4c3oc3ccccc34)ccc2-c2cccc(C#N)c2)cc1)c1ccccc1. The van der Waals surface area contributed by atoms with Gasteiger partial charge in [0.1, 0.15) is 17.0 Å². The zero-order chi connectivity index (χ0) is 36.0. The summed E-state index contributed by atoms with van der Waals surface area (Å²) in [7, 11) is 2.03. The molecule has 2 N–H and O–H groups in total. The normalized spacial score (nSPS) is 11.5. The van der Waals surface area contributed by atoms with Crippen LogP contribution in [0.1, 0.15) is 22.3 Å². The lowest BCUT2D eigenvalue weighted by atomic mass is 9.96. The molecule has 0 saturated heterocycles. The molecule has 8 rings (SSSR count). The number of anilines is 2. The molecule has 0 fully saturated rings. The largest absolute Gasteiger partial charge is 0.455 e. The van der Waals surface area contributed by atoms with Crippen LogP contribution in [-0.4, -0.2) is 17.9 Å². The predicted molar refractivity (Wildman–Crippen MR) is 217 cm³/mol. The first-order valence-electron chi connectivity index (χ1n) is 17.6. The van der Waals surface area contributed by atoms with E-state index in [-0.39, 0.29) is 0 Å². The number of aliphatic imine (C=N–C) groups is 1. The number of nitriles is 1. The second-order valence-corrected chi connectivity index (χ2v) is 13.0. The van der Waals surface area contributed by atoms with E-state index in [1.807, 2.05) is 73.8 Å². The van der Waals surface area contributed by atoms with Crippen LogP contribution in [-0.2, 0) is 13.1 Å². The Morgan fingerprint density at radius 3 is 2.19 bits per heavy atom. The highest BCUT2D eigenvalue weighted by atomic mass is 16.3. The average Bonchev–Trinajstić information content (AvgIpc) is 3.60. The minimum atomic E-state index is 0.514. The van der Waals surface area contributed by atoms with Crippen LogP contribution in [0.25, 0.3) is 44.2 Å². The van der Waals surface area contributed by atoms with Gasteiger partial charge >= 0.3 is 0 Å². The molecule has 0 aliphatic carbocycles. The van der Waals surface area contributed by atoms with E-state index in [0.29, 0.717) is 12.1 Å². The fourth-order valence-corrected chi connectivity index (χ4v) is 6.68. The number of amidine groups is 1. The molecular formula is C47H37N5O. The number of benzene rings is 7. The Morgan fingerprint density at radius 1 is 0.660 bits per heavy atom. The van der Waals surface area contributed by atoms with E-state index < -0.39 is 0 Å². The van der Waals surface area contributed by atoms with Crippen LogP contribution in [0.15, 0.2) is 179 Å². The number of hydrazine groups is 1. The summed E-state index contributed by atoms with van der Waals surface area (Å²) < 4.78 is 6.40. The Balaban J connectivity index is 1.08. The molecule has 0 unspecified atom stereocenters. The Morgan fingerprint density at radius 2 is 1.38 bits per heavy atom. The Kier molecular flexibility index (Phi) is 9.48. The van der Waals surface area contributed by atoms with E-state index in [1.54, 1.807) is 0 Å². The summed E-state index contributed by atoms with van der Waals surface area (Å²) in [6.45, 7) is 1.25. The molecule has 0 aliphatic rings. The van der Waals surface area contributed by atoms with E-state index in [0.717, 1.165) is 79.1 Å². The molecule has 53 heavy (non-hydrogen) atoms. The predicted octanol–water partition coefficient (Wildman–Crippen LogP) is 11.1. The van der Waals surface area contributed by atoms with Crippen LogP contribution in [0.5, 0.6) is 0 Å². The van der Waals surface area contributed by atoms with Crippen LogP contribution in [0, 0.1) is 11.3 Å². The Bertz CT molecular complexity index is 2590. The molecule has 0 aliphatic heterocycles. The van der Waals surface area contributed by atoms with Crippen molar-refractivity contribution in [3.63, 3.8) is 0 Å². The van der Waals surface area contributed by atoms with Crippen molar-refractivity contribution in [2.75, 3.05) is 12.4 Å². The second-order valence-electron chi connectivity index (χ2n) is 13.0. The Labute approximate surface area is 309 Å². The average molecular weight is 688 g/mol. The molecule has 0 radical (unpaired) electrons. The molecule has 7 aromatic carbocycles. The molecule has 0 amide bonds. The summed E-state index contributed by atoms with van der Waals surface area (Å²) in [5.74, 6) is 0.812. The smallest absolute Gasteiger partial charge is 0.143 e. The highest BCUT2D eigenvalue weighted by molar-refractivity contribution is 6.09. The van der Waals surface area contributed by atoms with Gasteiger partial charge in [0.05, 0.1) is 18.2 Å². The van der Waals surface area contributed by atoms with E-state index in [4.69, 9.17) is 9.41 Å². The van der Waals surface area contributed by atoms with Gasteiger partial charge in [-0.15, -0.1) is 0 Å². The standard InChI is InChI=1S/C47H37N5O/c1-52(32-34-12-4-2-5-13-34)51-47(36-15-6-3-7-16-36)49-31-33-22-25-39(26-23-33)50-44-29-38(24-27-40(44)37-17-10-14-35(28-37)30-48)41-19-11-20-43-42-18-8-9-21-45(42)53-46(41)43/h2-29,50H,31-32H2,1H3,(H,49,51). The third kappa shape index (κ3) is 7.43. The van der Waals surface area contributed by atoms with E-state index in [9.17, 15) is 5.26 Å². The van der Waals surface area contributed by atoms with Gasteiger partial charge in [0.25, 0.3) is 0 Å². The van der Waals surface area contributed by atoms with Gasteiger partial charge in [0.2, 0.25) is 0 Å². The highest BCUT2D eigenvalue weighted by Gasteiger charge is 2.15. The second kappa shape index (κ2) is 15.1. The fourth-order valence-electron chi connectivity index (χ4n) is 6.68. The summed E-state index contributed by atoms with van der Waals surface area (Å²) in [5, 5.41) is 17.6. The number of fused-ring (bicyclic) bond motifs is 3. The summed E-state index contributed by atoms with van der Waals surface area (Å²) in [6, 6.07) is 59.8. The number of nitrogens with zero attached hydrogens (tertiary/aromatic N) is 3. The van der Waals surface area contributed by atoms with Crippen molar-refractivity contribution in [3.8, 4) is 28.3 Å². The molecule has 0 saturated carbocycles. The quantitative estimate of drug-likeness (QED) is 0.0850. The molecule has 8 aromatic rings. The molecular weight excluding hydrogens is 651 g/mol. The van der Waals surface area contributed by atoms with Crippen molar-refractivity contribution in [1.29, 1.82) is 5.26 Å². The number of hydrogen-bond donors (Lipinski definition) is 2. The van der Waals surface area contributed by atoms with Gasteiger partial charge in [-0.1, -0.05) is 133 Å². The van der Waals surface area contributed by atoms with Gasteiger partial charge in [-0.05, 0) is 58.7 Å². The number of hydrogen-bond acceptors (Lipinski definition) is 5. The molecule has 0 atom stereocenters. The molecule has 0 spiro atoms. The van der Waals surface area contributed by atoms with Gasteiger partial charge in [0, 0.05) is 52.4 Å². The molecule has 1 aromatic heterocycles. The number of furan rings is 1. The Hall–Kier alpha value is -6.94. The maximum absolute atomic E-state index is 9.65.